The van der Waals surface area contributed by atoms with E-state index in [2.05, 4.69) is 22.2 Å². The highest BCUT2D eigenvalue weighted by molar-refractivity contribution is 7.13. The highest BCUT2D eigenvalue weighted by atomic mass is 32.1. The van der Waals surface area contributed by atoms with Crippen molar-refractivity contribution in [3.8, 4) is 0 Å². The normalized spacial score (nSPS) is 19.9. The predicted octanol–water partition coefficient (Wildman–Crippen LogP) is 2.49. The quantitative estimate of drug-likeness (QED) is 0.787. The van der Waals surface area contributed by atoms with Gasteiger partial charge in [-0.25, -0.2) is 4.98 Å². The number of rotatable bonds is 4. The second kappa shape index (κ2) is 6.18. The number of nitrogens with zero attached hydrogens (tertiary/aromatic N) is 2. The Morgan fingerprint density at radius 1 is 1.61 bits per heavy atom. The number of piperidine rings is 1. The lowest BCUT2D eigenvalue weighted by molar-refractivity contribution is -0.148. The SMILES string of the molecule is CCOC(=O)C1CCCN(c2nc(CC)cs2)C1. The Hall–Kier alpha value is -1.10. The zero-order valence-corrected chi connectivity index (χ0v) is 11.8. The van der Waals surface area contributed by atoms with Crippen molar-refractivity contribution < 1.29 is 9.53 Å². The van der Waals surface area contributed by atoms with Crippen LogP contribution in [-0.4, -0.2) is 30.6 Å². The summed E-state index contributed by atoms with van der Waals surface area (Å²) in [4.78, 5) is 18.6. The Bertz CT molecular complexity index is 405. The van der Waals surface area contributed by atoms with Gasteiger partial charge in [0, 0.05) is 18.5 Å². The number of anilines is 1. The Balaban J connectivity index is 1.99. The van der Waals surface area contributed by atoms with Crippen molar-refractivity contribution in [1.29, 1.82) is 0 Å². The van der Waals surface area contributed by atoms with Crippen molar-refractivity contribution in [3.63, 3.8) is 0 Å². The van der Waals surface area contributed by atoms with Gasteiger partial charge in [0.05, 0.1) is 18.2 Å². The van der Waals surface area contributed by atoms with Crippen molar-refractivity contribution in [2.45, 2.75) is 33.1 Å². The van der Waals surface area contributed by atoms with E-state index in [1.807, 2.05) is 6.92 Å². The van der Waals surface area contributed by atoms with Crippen molar-refractivity contribution in [2.24, 2.45) is 5.92 Å². The van der Waals surface area contributed by atoms with Crippen LogP contribution in [0.5, 0.6) is 0 Å². The first-order valence-electron chi connectivity index (χ1n) is 6.60. The number of hydrogen-bond donors (Lipinski definition) is 0. The molecule has 0 aliphatic carbocycles. The molecule has 1 fully saturated rings. The minimum Gasteiger partial charge on any atom is -0.466 e. The predicted molar refractivity (Wildman–Crippen MR) is 73.1 cm³/mol. The van der Waals surface area contributed by atoms with Gasteiger partial charge in [0.15, 0.2) is 5.13 Å². The summed E-state index contributed by atoms with van der Waals surface area (Å²) in [6, 6.07) is 0. The Morgan fingerprint density at radius 3 is 3.11 bits per heavy atom. The Kier molecular flexibility index (Phi) is 4.58. The second-order valence-electron chi connectivity index (χ2n) is 4.51. The largest absolute Gasteiger partial charge is 0.466 e. The molecule has 5 heteroatoms. The van der Waals surface area contributed by atoms with E-state index >= 15 is 0 Å². The highest BCUT2D eigenvalue weighted by Crippen LogP contribution is 2.27. The molecule has 0 N–H and O–H groups in total. The molecule has 1 saturated heterocycles. The zero-order chi connectivity index (χ0) is 13.0. The summed E-state index contributed by atoms with van der Waals surface area (Å²) in [7, 11) is 0. The van der Waals surface area contributed by atoms with Gasteiger partial charge >= 0.3 is 5.97 Å². The van der Waals surface area contributed by atoms with Crippen molar-refractivity contribution in [2.75, 3.05) is 24.6 Å². The first-order chi connectivity index (χ1) is 8.74. The van der Waals surface area contributed by atoms with Gasteiger partial charge in [-0.1, -0.05) is 6.92 Å². The summed E-state index contributed by atoms with van der Waals surface area (Å²) < 4.78 is 5.11. The average Bonchev–Trinajstić information content (AvgIpc) is 2.88. The molecule has 1 unspecified atom stereocenters. The maximum atomic E-state index is 11.8. The zero-order valence-electron chi connectivity index (χ0n) is 11.0. The smallest absolute Gasteiger partial charge is 0.310 e. The van der Waals surface area contributed by atoms with Crippen LogP contribution in [0.2, 0.25) is 0 Å². The van der Waals surface area contributed by atoms with E-state index in [1.54, 1.807) is 11.3 Å². The molecule has 0 spiro atoms. The summed E-state index contributed by atoms with van der Waals surface area (Å²) in [5.41, 5.74) is 1.13. The minimum absolute atomic E-state index is 0.00711. The summed E-state index contributed by atoms with van der Waals surface area (Å²) in [6.07, 6.45) is 2.93. The number of ether oxygens (including phenoxy) is 1. The second-order valence-corrected chi connectivity index (χ2v) is 5.35. The van der Waals surface area contributed by atoms with Gasteiger partial charge in [-0.05, 0) is 26.2 Å². The standard InChI is InChI=1S/C13H20N2O2S/c1-3-11-9-18-13(14-11)15-7-5-6-10(8-15)12(16)17-4-2/h9-10H,3-8H2,1-2H3. The number of carbonyl (C=O) groups is 1. The van der Waals surface area contributed by atoms with Crippen LogP contribution in [0.15, 0.2) is 5.38 Å². The van der Waals surface area contributed by atoms with Gasteiger partial charge < -0.3 is 9.64 Å². The van der Waals surface area contributed by atoms with Crippen molar-refractivity contribution >= 4 is 22.4 Å². The van der Waals surface area contributed by atoms with Crippen molar-refractivity contribution in [3.05, 3.63) is 11.1 Å². The molecule has 1 aliphatic heterocycles. The van der Waals surface area contributed by atoms with Crippen LogP contribution in [0, 0.1) is 5.92 Å². The molecule has 0 amide bonds. The van der Waals surface area contributed by atoms with Gasteiger partial charge in [-0.2, -0.15) is 0 Å². The van der Waals surface area contributed by atoms with E-state index in [0.717, 1.165) is 43.2 Å². The Morgan fingerprint density at radius 2 is 2.44 bits per heavy atom. The summed E-state index contributed by atoms with van der Waals surface area (Å²) in [6.45, 7) is 6.16. The molecule has 2 heterocycles. The highest BCUT2D eigenvalue weighted by Gasteiger charge is 2.28. The van der Waals surface area contributed by atoms with E-state index in [4.69, 9.17) is 4.74 Å². The molecule has 1 aliphatic rings. The average molecular weight is 268 g/mol. The lowest BCUT2D eigenvalue weighted by Gasteiger charge is -2.31. The van der Waals surface area contributed by atoms with Crippen LogP contribution in [0.25, 0.3) is 0 Å². The molecule has 2 rings (SSSR count). The molecule has 4 nitrogen and oxygen atoms in total. The molecule has 0 radical (unpaired) electrons. The minimum atomic E-state index is -0.0607. The molecular weight excluding hydrogens is 248 g/mol. The van der Waals surface area contributed by atoms with E-state index < -0.39 is 0 Å². The summed E-state index contributed by atoms with van der Waals surface area (Å²) >= 11 is 1.67. The molecule has 0 aromatic carbocycles. The van der Waals surface area contributed by atoms with E-state index in [1.165, 1.54) is 0 Å². The van der Waals surface area contributed by atoms with Crippen LogP contribution in [-0.2, 0) is 16.0 Å². The third kappa shape index (κ3) is 3.02. The maximum Gasteiger partial charge on any atom is 0.310 e. The Labute approximate surface area is 112 Å². The topological polar surface area (TPSA) is 42.4 Å². The van der Waals surface area contributed by atoms with E-state index in [-0.39, 0.29) is 11.9 Å². The van der Waals surface area contributed by atoms with Crippen LogP contribution in [0.3, 0.4) is 0 Å². The first-order valence-corrected chi connectivity index (χ1v) is 7.48. The molecule has 1 atom stereocenters. The molecule has 0 bridgehead atoms. The molecule has 0 saturated carbocycles. The van der Waals surface area contributed by atoms with Crippen LogP contribution in [0.4, 0.5) is 5.13 Å². The lowest BCUT2D eigenvalue weighted by Crippen LogP contribution is -2.39. The van der Waals surface area contributed by atoms with Gasteiger partial charge in [0.25, 0.3) is 0 Å². The van der Waals surface area contributed by atoms with E-state index in [0.29, 0.717) is 6.61 Å². The fourth-order valence-electron chi connectivity index (χ4n) is 2.21. The van der Waals surface area contributed by atoms with E-state index in [9.17, 15) is 4.79 Å². The number of aryl methyl sites for hydroxylation is 1. The van der Waals surface area contributed by atoms with Gasteiger partial charge in [0.2, 0.25) is 0 Å². The number of hydrogen-bond acceptors (Lipinski definition) is 5. The monoisotopic (exact) mass is 268 g/mol. The first kappa shape index (κ1) is 13.3. The molecular formula is C13H20N2O2S. The number of esters is 1. The maximum absolute atomic E-state index is 11.8. The molecule has 100 valence electrons. The summed E-state index contributed by atoms with van der Waals surface area (Å²) in [5, 5.41) is 3.14. The van der Waals surface area contributed by atoms with Gasteiger partial charge in [-0.15, -0.1) is 11.3 Å². The lowest BCUT2D eigenvalue weighted by atomic mass is 9.99. The van der Waals surface area contributed by atoms with Crippen LogP contribution < -0.4 is 4.90 Å². The number of thiazole rings is 1. The number of aromatic nitrogens is 1. The molecule has 18 heavy (non-hydrogen) atoms. The van der Waals surface area contributed by atoms with Crippen molar-refractivity contribution in [1.82, 2.24) is 4.98 Å². The third-order valence-electron chi connectivity index (χ3n) is 3.21. The van der Waals surface area contributed by atoms with Gasteiger partial charge in [-0.3, -0.25) is 4.79 Å². The molecule has 1 aromatic heterocycles. The number of carbonyl (C=O) groups excluding carboxylic acids is 1. The van der Waals surface area contributed by atoms with Crippen LogP contribution in [0.1, 0.15) is 32.4 Å². The summed E-state index contributed by atoms with van der Waals surface area (Å²) in [5.74, 6) is -0.0536. The fraction of sp³-hybridized carbons (Fsp3) is 0.692. The molecule has 1 aromatic rings. The van der Waals surface area contributed by atoms with Crippen LogP contribution >= 0.6 is 11.3 Å². The third-order valence-corrected chi connectivity index (χ3v) is 4.16. The fourth-order valence-corrected chi connectivity index (χ4v) is 3.15. The van der Waals surface area contributed by atoms with Gasteiger partial charge in [0.1, 0.15) is 0 Å².